The van der Waals surface area contributed by atoms with Gasteiger partial charge in [0.1, 0.15) is 5.75 Å². The molecule has 0 heterocycles. The first-order chi connectivity index (χ1) is 12.2. The Balaban J connectivity index is 1.91. The summed E-state index contributed by atoms with van der Waals surface area (Å²) < 4.78 is 6.33. The van der Waals surface area contributed by atoms with Crippen LogP contribution in [0, 0.1) is 0 Å². The number of hydrogen-bond donors (Lipinski definition) is 1. The Labute approximate surface area is 171 Å². The third-order valence-corrected chi connectivity index (χ3v) is 4.98. The number of carbonyl (C=O) groups is 1. The fraction of sp³-hybridized carbons (Fsp3) is 0.263. The number of benzene rings is 2. The predicted molar refractivity (Wildman–Crippen MR) is 111 cm³/mol. The predicted octanol–water partition coefficient (Wildman–Crippen LogP) is 5.58. The van der Waals surface area contributed by atoms with E-state index in [1.54, 1.807) is 18.2 Å². The standard InChI is InChI=1S/C19H19BrCl2N2O2/c1-19(2,3)13-7-8-16(14(20)9-13)26-11-17(25)24-23-10-12-5-4-6-15(21)18(12)22/h4-10H,11H2,1-3H3,(H,24,25)/b23-10+. The zero-order valence-electron chi connectivity index (χ0n) is 14.6. The van der Waals surface area contributed by atoms with Gasteiger partial charge in [-0.2, -0.15) is 5.10 Å². The van der Waals surface area contributed by atoms with Gasteiger partial charge in [-0.05, 0) is 45.1 Å². The molecule has 0 aliphatic heterocycles. The van der Waals surface area contributed by atoms with Gasteiger partial charge in [-0.3, -0.25) is 4.79 Å². The number of amides is 1. The maximum atomic E-state index is 11.9. The van der Waals surface area contributed by atoms with E-state index in [0.717, 1.165) is 4.47 Å². The molecule has 0 saturated carbocycles. The summed E-state index contributed by atoms with van der Waals surface area (Å²) in [6.45, 7) is 6.24. The van der Waals surface area contributed by atoms with E-state index in [1.165, 1.54) is 11.8 Å². The van der Waals surface area contributed by atoms with E-state index >= 15 is 0 Å². The molecule has 1 N–H and O–H groups in total. The quantitative estimate of drug-likeness (QED) is 0.470. The lowest BCUT2D eigenvalue weighted by molar-refractivity contribution is -0.123. The van der Waals surface area contributed by atoms with Crippen LogP contribution in [0.1, 0.15) is 31.9 Å². The minimum absolute atomic E-state index is 0.0365. The van der Waals surface area contributed by atoms with Crippen molar-refractivity contribution in [2.24, 2.45) is 5.10 Å². The first kappa shape index (κ1) is 20.7. The molecule has 4 nitrogen and oxygen atoms in total. The van der Waals surface area contributed by atoms with Crippen LogP contribution in [0.3, 0.4) is 0 Å². The largest absolute Gasteiger partial charge is 0.483 e. The van der Waals surface area contributed by atoms with Crippen LogP contribution < -0.4 is 10.2 Å². The highest BCUT2D eigenvalue weighted by atomic mass is 79.9. The minimum atomic E-state index is -0.383. The maximum absolute atomic E-state index is 11.9. The Kier molecular flexibility index (Phi) is 7.09. The number of nitrogens with one attached hydrogen (secondary N) is 1. The number of nitrogens with zero attached hydrogens (tertiary/aromatic N) is 1. The van der Waals surface area contributed by atoms with Crippen LogP contribution in [-0.4, -0.2) is 18.7 Å². The zero-order chi connectivity index (χ0) is 19.3. The number of carbonyl (C=O) groups excluding carboxylic acids is 1. The molecule has 26 heavy (non-hydrogen) atoms. The number of rotatable bonds is 5. The van der Waals surface area contributed by atoms with Crippen molar-refractivity contribution in [2.45, 2.75) is 26.2 Å². The molecule has 0 aliphatic rings. The maximum Gasteiger partial charge on any atom is 0.277 e. The van der Waals surface area contributed by atoms with Crippen molar-refractivity contribution in [3.8, 4) is 5.75 Å². The topological polar surface area (TPSA) is 50.7 Å². The molecule has 138 valence electrons. The van der Waals surface area contributed by atoms with Crippen LogP contribution in [0.5, 0.6) is 5.75 Å². The molecule has 0 saturated heterocycles. The molecule has 0 atom stereocenters. The van der Waals surface area contributed by atoms with Gasteiger partial charge in [-0.15, -0.1) is 0 Å². The molecular formula is C19H19BrCl2N2O2. The van der Waals surface area contributed by atoms with E-state index in [0.29, 0.717) is 21.4 Å². The molecular weight excluding hydrogens is 439 g/mol. The summed E-state index contributed by atoms with van der Waals surface area (Å²) in [4.78, 5) is 11.9. The molecule has 0 spiro atoms. The lowest BCUT2D eigenvalue weighted by atomic mass is 9.87. The van der Waals surface area contributed by atoms with E-state index < -0.39 is 0 Å². The fourth-order valence-corrected chi connectivity index (χ4v) is 2.90. The first-order valence-electron chi connectivity index (χ1n) is 7.87. The Morgan fingerprint density at radius 1 is 1.27 bits per heavy atom. The Hall–Kier alpha value is -1.56. The van der Waals surface area contributed by atoms with Crippen molar-refractivity contribution in [1.29, 1.82) is 0 Å². The molecule has 7 heteroatoms. The van der Waals surface area contributed by atoms with Crippen molar-refractivity contribution < 1.29 is 9.53 Å². The summed E-state index contributed by atoms with van der Waals surface area (Å²) in [7, 11) is 0. The summed E-state index contributed by atoms with van der Waals surface area (Å²) >= 11 is 15.4. The van der Waals surface area contributed by atoms with Gasteiger partial charge in [0.25, 0.3) is 5.91 Å². The molecule has 2 aromatic rings. The zero-order valence-corrected chi connectivity index (χ0v) is 17.7. The second kappa shape index (κ2) is 8.89. The van der Waals surface area contributed by atoms with Gasteiger partial charge in [-0.1, -0.05) is 62.2 Å². The highest BCUT2D eigenvalue weighted by molar-refractivity contribution is 9.10. The second-order valence-corrected chi connectivity index (χ2v) is 8.26. The Morgan fingerprint density at radius 2 is 2.00 bits per heavy atom. The lowest BCUT2D eigenvalue weighted by Crippen LogP contribution is -2.24. The van der Waals surface area contributed by atoms with Gasteiger partial charge in [0.15, 0.2) is 6.61 Å². The van der Waals surface area contributed by atoms with E-state index in [-0.39, 0.29) is 17.9 Å². The number of hydrazone groups is 1. The van der Waals surface area contributed by atoms with Crippen LogP contribution in [-0.2, 0) is 10.2 Å². The lowest BCUT2D eigenvalue weighted by Gasteiger charge is -2.20. The molecule has 0 radical (unpaired) electrons. The third-order valence-electron chi connectivity index (χ3n) is 3.53. The first-order valence-corrected chi connectivity index (χ1v) is 9.42. The van der Waals surface area contributed by atoms with E-state index in [2.05, 4.69) is 47.2 Å². The van der Waals surface area contributed by atoms with Crippen LogP contribution in [0.15, 0.2) is 46.0 Å². The smallest absolute Gasteiger partial charge is 0.277 e. The Morgan fingerprint density at radius 3 is 2.65 bits per heavy atom. The van der Waals surface area contributed by atoms with Crippen LogP contribution in [0.25, 0.3) is 0 Å². The van der Waals surface area contributed by atoms with Crippen molar-refractivity contribution in [3.63, 3.8) is 0 Å². The highest BCUT2D eigenvalue weighted by Crippen LogP contribution is 2.31. The van der Waals surface area contributed by atoms with Gasteiger partial charge < -0.3 is 4.74 Å². The van der Waals surface area contributed by atoms with Crippen LogP contribution in [0.2, 0.25) is 10.0 Å². The van der Waals surface area contributed by atoms with Crippen molar-refractivity contribution >= 4 is 51.3 Å². The van der Waals surface area contributed by atoms with Crippen molar-refractivity contribution in [1.82, 2.24) is 5.43 Å². The SMILES string of the molecule is CC(C)(C)c1ccc(OCC(=O)N/N=C/c2cccc(Cl)c2Cl)c(Br)c1. The van der Waals surface area contributed by atoms with Gasteiger partial charge >= 0.3 is 0 Å². The van der Waals surface area contributed by atoms with E-state index in [4.69, 9.17) is 27.9 Å². The molecule has 0 aromatic heterocycles. The molecule has 0 fully saturated rings. The van der Waals surface area contributed by atoms with E-state index in [1.807, 2.05) is 18.2 Å². The fourth-order valence-electron chi connectivity index (χ4n) is 2.05. The number of ether oxygens (including phenoxy) is 1. The van der Waals surface area contributed by atoms with Crippen molar-refractivity contribution in [3.05, 3.63) is 62.0 Å². The molecule has 0 aliphatic carbocycles. The monoisotopic (exact) mass is 456 g/mol. The highest BCUT2D eigenvalue weighted by Gasteiger charge is 2.15. The van der Waals surface area contributed by atoms with E-state index in [9.17, 15) is 4.79 Å². The molecule has 2 aromatic carbocycles. The van der Waals surface area contributed by atoms with Gasteiger partial charge in [0, 0.05) is 5.56 Å². The summed E-state index contributed by atoms with van der Waals surface area (Å²) in [5.74, 6) is 0.209. The summed E-state index contributed by atoms with van der Waals surface area (Å²) in [6.07, 6.45) is 1.43. The summed E-state index contributed by atoms with van der Waals surface area (Å²) in [5.41, 5.74) is 4.21. The van der Waals surface area contributed by atoms with Crippen LogP contribution >= 0.6 is 39.1 Å². The average molecular weight is 458 g/mol. The normalized spacial score (nSPS) is 11.6. The van der Waals surface area contributed by atoms with Gasteiger partial charge in [0.2, 0.25) is 0 Å². The minimum Gasteiger partial charge on any atom is -0.483 e. The molecule has 0 unspecified atom stereocenters. The summed E-state index contributed by atoms with van der Waals surface area (Å²) in [5, 5.41) is 4.67. The van der Waals surface area contributed by atoms with Gasteiger partial charge in [-0.25, -0.2) is 5.43 Å². The number of halogens is 3. The second-order valence-electron chi connectivity index (χ2n) is 6.62. The molecule has 0 bridgehead atoms. The molecule has 1 amide bonds. The third kappa shape index (κ3) is 5.73. The number of hydrogen-bond acceptors (Lipinski definition) is 3. The summed E-state index contributed by atoms with van der Waals surface area (Å²) in [6, 6.07) is 11.0. The Bertz CT molecular complexity index is 833. The van der Waals surface area contributed by atoms with Crippen LogP contribution in [0.4, 0.5) is 0 Å². The average Bonchev–Trinajstić information content (AvgIpc) is 2.56. The molecule has 2 rings (SSSR count). The van der Waals surface area contributed by atoms with Gasteiger partial charge in [0.05, 0.1) is 20.7 Å². The van der Waals surface area contributed by atoms with Crippen molar-refractivity contribution in [2.75, 3.05) is 6.61 Å².